The number of nitrogens with one attached hydrogen (secondary N) is 3. The molecule has 4 nitrogen and oxygen atoms in total. The molecule has 0 aliphatic carbocycles. The normalized spacial score (nSPS) is 22.2. The summed E-state index contributed by atoms with van der Waals surface area (Å²) in [5, 5.41) is 7.29. The lowest BCUT2D eigenvalue weighted by atomic mass is 10.1. The quantitative estimate of drug-likeness (QED) is 0.644. The lowest BCUT2D eigenvalue weighted by molar-refractivity contribution is -0.122. The number of halogens is 3. The van der Waals surface area contributed by atoms with E-state index in [1.54, 1.807) is 5.32 Å². The van der Waals surface area contributed by atoms with Crippen molar-refractivity contribution in [2.45, 2.75) is 25.1 Å². The molecule has 7 heteroatoms. The van der Waals surface area contributed by atoms with Gasteiger partial charge in [-0.05, 0) is 19.4 Å². The fraction of sp³-hybridized carbons (Fsp3) is 0.875. The van der Waals surface area contributed by atoms with Gasteiger partial charge >= 0.3 is 12.2 Å². The predicted molar refractivity (Wildman–Crippen MR) is 48.5 cm³/mol. The van der Waals surface area contributed by atoms with E-state index in [1.165, 1.54) is 0 Å². The minimum Gasteiger partial charge on any atom is -0.334 e. The largest absolute Gasteiger partial charge is 0.405 e. The molecule has 0 aromatic heterocycles. The van der Waals surface area contributed by atoms with Crippen molar-refractivity contribution in [3.8, 4) is 0 Å². The Morgan fingerprint density at radius 2 is 2.20 bits per heavy atom. The zero-order chi connectivity index (χ0) is 11.3. The summed E-state index contributed by atoms with van der Waals surface area (Å²) >= 11 is 0. The smallest absolute Gasteiger partial charge is 0.334 e. The third kappa shape index (κ3) is 5.46. The van der Waals surface area contributed by atoms with Gasteiger partial charge in [0.2, 0.25) is 0 Å². The number of alkyl halides is 3. The molecule has 1 aliphatic heterocycles. The summed E-state index contributed by atoms with van der Waals surface area (Å²) in [4.78, 5) is 11.0. The van der Waals surface area contributed by atoms with Gasteiger partial charge in [0.05, 0.1) is 0 Å². The zero-order valence-corrected chi connectivity index (χ0v) is 8.16. The van der Waals surface area contributed by atoms with Crippen LogP contribution in [0.15, 0.2) is 0 Å². The van der Waals surface area contributed by atoms with Crippen molar-refractivity contribution in [1.29, 1.82) is 0 Å². The first-order valence-corrected chi connectivity index (χ1v) is 4.79. The highest BCUT2D eigenvalue weighted by Crippen LogP contribution is 2.12. The molecule has 0 radical (unpaired) electrons. The molecule has 1 saturated heterocycles. The van der Waals surface area contributed by atoms with E-state index in [4.69, 9.17) is 0 Å². The second kappa shape index (κ2) is 5.20. The van der Waals surface area contributed by atoms with E-state index >= 15 is 0 Å². The first-order chi connectivity index (χ1) is 6.97. The summed E-state index contributed by atoms with van der Waals surface area (Å²) in [6.07, 6.45) is -2.64. The molecule has 0 spiro atoms. The molecule has 1 aliphatic rings. The first-order valence-electron chi connectivity index (χ1n) is 4.79. The number of hydrogen-bond acceptors (Lipinski definition) is 2. The maximum Gasteiger partial charge on any atom is 0.405 e. The highest BCUT2D eigenvalue weighted by atomic mass is 19.4. The number of rotatable bonds is 2. The van der Waals surface area contributed by atoms with Crippen LogP contribution in [0.2, 0.25) is 0 Å². The van der Waals surface area contributed by atoms with Crippen LogP contribution in [0.5, 0.6) is 0 Å². The molecule has 0 aromatic carbocycles. The van der Waals surface area contributed by atoms with Crippen LogP contribution in [0, 0.1) is 0 Å². The van der Waals surface area contributed by atoms with Crippen molar-refractivity contribution < 1.29 is 18.0 Å². The lowest BCUT2D eigenvalue weighted by Gasteiger charge is -2.24. The summed E-state index contributed by atoms with van der Waals surface area (Å²) in [6, 6.07) is -0.840. The van der Waals surface area contributed by atoms with Crippen LogP contribution in [0.25, 0.3) is 0 Å². The van der Waals surface area contributed by atoms with Crippen LogP contribution in [-0.2, 0) is 0 Å². The standard InChI is InChI=1S/C8H14F3N3O/c9-8(10,11)5-13-7(15)14-6-2-1-3-12-4-6/h6,12H,1-5H2,(H2,13,14,15)/t6-/m0/s1. The summed E-state index contributed by atoms with van der Waals surface area (Å²) in [7, 11) is 0. The van der Waals surface area contributed by atoms with E-state index in [2.05, 4.69) is 10.6 Å². The maximum atomic E-state index is 11.7. The number of amides is 2. The molecular formula is C8H14F3N3O. The van der Waals surface area contributed by atoms with E-state index in [9.17, 15) is 18.0 Å². The molecule has 1 fully saturated rings. The third-order valence-electron chi connectivity index (χ3n) is 2.08. The predicted octanol–water partition coefficient (Wildman–Crippen LogP) is 0.600. The second-order valence-electron chi connectivity index (χ2n) is 3.49. The Hall–Kier alpha value is -0.980. The molecule has 3 N–H and O–H groups in total. The second-order valence-corrected chi connectivity index (χ2v) is 3.49. The monoisotopic (exact) mass is 225 g/mol. The molecule has 0 unspecified atom stereocenters. The van der Waals surface area contributed by atoms with E-state index < -0.39 is 18.8 Å². The van der Waals surface area contributed by atoms with Gasteiger partial charge in [0.15, 0.2) is 0 Å². The van der Waals surface area contributed by atoms with Gasteiger partial charge in [-0.3, -0.25) is 0 Å². The van der Waals surface area contributed by atoms with Crippen LogP contribution >= 0.6 is 0 Å². The van der Waals surface area contributed by atoms with Crippen LogP contribution in [0.3, 0.4) is 0 Å². The Balaban J connectivity index is 2.17. The number of carbonyl (C=O) groups is 1. The Kier molecular flexibility index (Phi) is 4.19. The van der Waals surface area contributed by atoms with Crippen molar-refractivity contribution in [2.75, 3.05) is 19.6 Å². The number of hydrogen-bond donors (Lipinski definition) is 3. The van der Waals surface area contributed by atoms with Crippen LogP contribution < -0.4 is 16.0 Å². The summed E-state index contributed by atoms with van der Waals surface area (Å²) in [5.41, 5.74) is 0. The lowest BCUT2D eigenvalue weighted by Crippen LogP contribution is -2.50. The number of urea groups is 1. The van der Waals surface area contributed by atoms with E-state index in [0.29, 0.717) is 6.54 Å². The molecular weight excluding hydrogens is 211 g/mol. The van der Waals surface area contributed by atoms with Crippen molar-refractivity contribution in [3.63, 3.8) is 0 Å². The fourth-order valence-corrected chi connectivity index (χ4v) is 1.39. The Labute approximate surface area is 85.6 Å². The van der Waals surface area contributed by atoms with E-state index in [-0.39, 0.29) is 6.04 Å². The fourth-order valence-electron chi connectivity index (χ4n) is 1.39. The maximum absolute atomic E-state index is 11.7. The van der Waals surface area contributed by atoms with Gasteiger partial charge in [-0.15, -0.1) is 0 Å². The molecule has 0 bridgehead atoms. The summed E-state index contributed by atoms with van der Waals surface area (Å²) in [6.45, 7) is 0.209. The van der Waals surface area contributed by atoms with Gasteiger partial charge in [-0.1, -0.05) is 0 Å². The van der Waals surface area contributed by atoms with Gasteiger partial charge in [-0.2, -0.15) is 13.2 Å². The van der Waals surface area contributed by atoms with Gasteiger partial charge < -0.3 is 16.0 Å². The average Bonchev–Trinajstić information content (AvgIpc) is 2.15. The molecule has 1 rings (SSSR count). The molecule has 1 atom stereocenters. The highest BCUT2D eigenvalue weighted by Gasteiger charge is 2.28. The molecule has 2 amide bonds. The molecule has 1 heterocycles. The summed E-state index contributed by atoms with van der Waals surface area (Å²) in [5.74, 6) is 0. The molecule has 0 saturated carbocycles. The third-order valence-corrected chi connectivity index (χ3v) is 2.08. The van der Waals surface area contributed by atoms with Crippen molar-refractivity contribution in [1.82, 2.24) is 16.0 Å². The Morgan fingerprint density at radius 3 is 2.73 bits per heavy atom. The van der Waals surface area contributed by atoms with Crippen molar-refractivity contribution in [3.05, 3.63) is 0 Å². The van der Waals surface area contributed by atoms with E-state index in [1.807, 2.05) is 0 Å². The summed E-state index contributed by atoms with van der Waals surface area (Å²) < 4.78 is 35.2. The minimum atomic E-state index is -4.36. The average molecular weight is 225 g/mol. The van der Waals surface area contributed by atoms with Crippen LogP contribution in [0.1, 0.15) is 12.8 Å². The van der Waals surface area contributed by atoms with Crippen molar-refractivity contribution in [2.24, 2.45) is 0 Å². The van der Waals surface area contributed by atoms with Crippen molar-refractivity contribution >= 4 is 6.03 Å². The Bertz CT molecular complexity index is 214. The Morgan fingerprint density at radius 1 is 1.47 bits per heavy atom. The van der Waals surface area contributed by atoms with E-state index in [0.717, 1.165) is 19.4 Å². The van der Waals surface area contributed by atoms with Gasteiger partial charge in [0.25, 0.3) is 0 Å². The number of piperidine rings is 1. The topological polar surface area (TPSA) is 53.2 Å². The SMILES string of the molecule is O=C(NCC(F)(F)F)N[C@H]1CCCNC1. The minimum absolute atomic E-state index is 0.0769. The zero-order valence-electron chi connectivity index (χ0n) is 8.16. The molecule has 0 aromatic rings. The van der Waals surface area contributed by atoms with Crippen LogP contribution in [0.4, 0.5) is 18.0 Å². The highest BCUT2D eigenvalue weighted by molar-refractivity contribution is 5.74. The number of carbonyl (C=O) groups excluding carboxylic acids is 1. The first kappa shape index (κ1) is 12.1. The molecule has 15 heavy (non-hydrogen) atoms. The van der Waals surface area contributed by atoms with Gasteiger partial charge in [-0.25, -0.2) is 4.79 Å². The van der Waals surface area contributed by atoms with Crippen LogP contribution in [-0.4, -0.2) is 37.9 Å². The molecule has 88 valence electrons. The van der Waals surface area contributed by atoms with Gasteiger partial charge in [0, 0.05) is 12.6 Å². The van der Waals surface area contributed by atoms with Gasteiger partial charge in [0.1, 0.15) is 6.54 Å².